The Labute approximate surface area is 208 Å². The lowest BCUT2D eigenvalue weighted by Crippen LogP contribution is -2.32. The van der Waals surface area contributed by atoms with E-state index >= 15 is 0 Å². The van der Waals surface area contributed by atoms with Crippen LogP contribution in [0.4, 0.5) is 24.5 Å². The van der Waals surface area contributed by atoms with Crippen molar-refractivity contribution in [2.75, 3.05) is 17.2 Å². The highest BCUT2D eigenvalue weighted by Gasteiger charge is 2.30. The molecule has 12 heteroatoms. The predicted molar refractivity (Wildman–Crippen MR) is 128 cm³/mol. The van der Waals surface area contributed by atoms with Gasteiger partial charge in [-0.05, 0) is 60.2 Å². The second kappa shape index (κ2) is 11.8. The summed E-state index contributed by atoms with van der Waals surface area (Å²) in [5, 5.41) is 8.73. The van der Waals surface area contributed by atoms with E-state index in [1.54, 1.807) is 48.5 Å². The van der Waals surface area contributed by atoms with Crippen molar-refractivity contribution in [3.8, 4) is 5.75 Å². The Hall–Kier alpha value is -4.38. The number of hydrogen-bond acceptors (Lipinski definition) is 5. The van der Waals surface area contributed by atoms with Crippen LogP contribution in [-0.4, -0.2) is 30.5 Å². The maximum absolute atomic E-state index is 12.7. The first-order valence-corrected chi connectivity index (χ1v) is 10.6. The van der Waals surface area contributed by atoms with Crippen LogP contribution in [-0.2, 0) is 20.6 Å². The molecule has 0 saturated carbocycles. The fourth-order valence-electron chi connectivity index (χ4n) is 2.73. The smallest absolute Gasteiger partial charge is 0.416 e. The number of nitrogens with one attached hydrogen (secondary N) is 3. The molecule has 0 aliphatic heterocycles. The van der Waals surface area contributed by atoms with Gasteiger partial charge in [0, 0.05) is 5.69 Å². The van der Waals surface area contributed by atoms with E-state index in [2.05, 4.69) is 15.7 Å². The Bertz CT molecular complexity index is 1280. The van der Waals surface area contributed by atoms with Gasteiger partial charge in [-0.15, -0.1) is 0 Å². The summed E-state index contributed by atoms with van der Waals surface area (Å²) in [6, 6.07) is 16.9. The summed E-state index contributed by atoms with van der Waals surface area (Å²) in [5.41, 5.74) is 1.82. The normalized spacial score (nSPS) is 11.1. The van der Waals surface area contributed by atoms with Crippen molar-refractivity contribution in [1.29, 1.82) is 0 Å². The van der Waals surface area contributed by atoms with E-state index in [-0.39, 0.29) is 12.3 Å². The fraction of sp³-hybridized carbons (Fsp3) is 0.0833. The quantitative estimate of drug-likeness (QED) is 0.244. The van der Waals surface area contributed by atoms with Crippen molar-refractivity contribution in [3.05, 3.63) is 88.9 Å². The van der Waals surface area contributed by atoms with Gasteiger partial charge < -0.3 is 15.4 Å². The molecule has 0 atom stereocenters. The van der Waals surface area contributed by atoms with Crippen LogP contribution in [0, 0.1) is 0 Å². The third kappa shape index (κ3) is 7.84. The van der Waals surface area contributed by atoms with Crippen molar-refractivity contribution in [2.45, 2.75) is 6.18 Å². The molecule has 0 aliphatic carbocycles. The minimum atomic E-state index is -4.59. The van der Waals surface area contributed by atoms with E-state index in [1.165, 1.54) is 12.3 Å². The molecule has 3 rings (SSSR count). The third-order valence-corrected chi connectivity index (χ3v) is 4.76. The number of hydrogen-bond donors (Lipinski definition) is 3. The Morgan fingerprint density at radius 3 is 2.33 bits per heavy atom. The topological polar surface area (TPSA) is 109 Å². The number of rotatable bonds is 7. The van der Waals surface area contributed by atoms with E-state index in [0.29, 0.717) is 28.1 Å². The minimum Gasteiger partial charge on any atom is -0.484 e. The highest BCUT2D eigenvalue weighted by molar-refractivity contribution is 6.39. The first-order chi connectivity index (χ1) is 17.1. The Morgan fingerprint density at radius 2 is 1.64 bits per heavy atom. The standard InChI is InChI=1S/C24H18ClF3N4O4/c25-19-6-1-2-7-20(19)31-21(33)14-36-18-10-8-15(9-11-18)13-29-32-23(35)22(34)30-17-5-3-4-16(12-17)24(26,27)28/h1-13H,14H2,(H,30,34)(H,31,33)(H,32,35)/b29-13-. The molecule has 0 bridgehead atoms. The van der Waals surface area contributed by atoms with Gasteiger partial charge in [0.25, 0.3) is 5.91 Å². The van der Waals surface area contributed by atoms with Gasteiger partial charge in [0.2, 0.25) is 0 Å². The average molecular weight is 519 g/mol. The van der Waals surface area contributed by atoms with Gasteiger partial charge in [0.05, 0.1) is 22.5 Å². The second-order valence-electron chi connectivity index (χ2n) is 7.12. The monoisotopic (exact) mass is 518 g/mol. The zero-order valence-corrected chi connectivity index (χ0v) is 19.1. The van der Waals surface area contributed by atoms with Gasteiger partial charge in [-0.25, -0.2) is 5.43 Å². The van der Waals surface area contributed by atoms with Crippen LogP contribution in [0.15, 0.2) is 77.9 Å². The summed E-state index contributed by atoms with van der Waals surface area (Å²) in [6.07, 6.45) is -3.35. The number of alkyl halides is 3. The van der Waals surface area contributed by atoms with Gasteiger partial charge >= 0.3 is 18.0 Å². The molecule has 0 unspecified atom stereocenters. The number of benzene rings is 3. The third-order valence-electron chi connectivity index (χ3n) is 4.43. The molecular formula is C24H18ClF3N4O4. The predicted octanol–water partition coefficient (Wildman–Crippen LogP) is 4.47. The molecule has 0 radical (unpaired) electrons. The first-order valence-electron chi connectivity index (χ1n) is 10.2. The van der Waals surface area contributed by atoms with Crippen LogP contribution in [0.25, 0.3) is 0 Å². The van der Waals surface area contributed by atoms with Gasteiger partial charge in [0.15, 0.2) is 6.61 Å². The molecule has 0 saturated heterocycles. The van der Waals surface area contributed by atoms with Crippen LogP contribution in [0.5, 0.6) is 5.75 Å². The number of ether oxygens (including phenoxy) is 1. The number of nitrogens with zero attached hydrogens (tertiary/aromatic N) is 1. The molecule has 0 aromatic heterocycles. The van der Waals surface area contributed by atoms with Crippen molar-refractivity contribution < 1.29 is 32.3 Å². The second-order valence-corrected chi connectivity index (χ2v) is 7.52. The highest BCUT2D eigenvalue weighted by Crippen LogP contribution is 2.30. The highest BCUT2D eigenvalue weighted by atomic mass is 35.5. The summed E-state index contributed by atoms with van der Waals surface area (Å²) >= 11 is 5.98. The number of halogens is 4. The minimum absolute atomic E-state index is 0.190. The summed E-state index contributed by atoms with van der Waals surface area (Å²) in [7, 11) is 0. The van der Waals surface area contributed by atoms with Crippen LogP contribution in [0.1, 0.15) is 11.1 Å². The molecule has 3 N–H and O–H groups in total. The lowest BCUT2D eigenvalue weighted by Gasteiger charge is -2.09. The summed E-state index contributed by atoms with van der Waals surface area (Å²) in [6.45, 7) is -0.254. The molecule has 0 heterocycles. The molecule has 186 valence electrons. The van der Waals surface area contributed by atoms with Crippen LogP contribution in [0.2, 0.25) is 5.02 Å². The largest absolute Gasteiger partial charge is 0.484 e. The van der Waals surface area contributed by atoms with E-state index in [1.807, 2.05) is 5.43 Å². The number of para-hydroxylation sites is 1. The van der Waals surface area contributed by atoms with Crippen LogP contribution >= 0.6 is 11.6 Å². The van der Waals surface area contributed by atoms with E-state index in [9.17, 15) is 27.6 Å². The number of hydrazone groups is 1. The maximum atomic E-state index is 12.7. The van der Waals surface area contributed by atoms with Gasteiger partial charge in [0.1, 0.15) is 5.75 Å². The number of carbonyl (C=O) groups excluding carboxylic acids is 3. The molecule has 0 fully saturated rings. The molecule has 8 nitrogen and oxygen atoms in total. The van der Waals surface area contributed by atoms with Gasteiger partial charge in [-0.3, -0.25) is 14.4 Å². The molecule has 3 aromatic carbocycles. The first kappa shape index (κ1) is 26.2. The molecule has 36 heavy (non-hydrogen) atoms. The van der Waals surface area contributed by atoms with E-state index in [0.717, 1.165) is 12.1 Å². The molecule has 0 aliphatic rings. The van der Waals surface area contributed by atoms with Gasteiger partial charge in [-0.1, -0.05) is 29.8 Å². The van der Waals surface area contributed by atoms with Crippen molar-refractivity contribution in [3.63, 3.8) is 0 Å². The number of amides is 3. The SMILES string of the molecule is O=C(COc1ccc(/C=N\NC(=O)C(=O)Nc2cccc(C(F)(F)F)c2)cc1)Nc1ccccc1Cl. The Morgan fingerprint density at radius 1 is 0.917 bits per heavy atom. The summed E-state index contributed by atoms with van der Waals surface area (Å²) < 4.78 is 43.6. The lowest BCUT2D eigenvalue weighted by molar-refractivity contribution is -0.137. The van der Waals surface area contributed by atoms with E-state index in [4.69, 9.17) is 16.3 Å². The van der Waals surface area contributed by atoms with E-state index < -0.39 is 29.5 Å². The molecule has 0 spiro atoms. The lowest BCUT2D eigenvalue weighted by atomic mass is 10.2. The van der Waals surface area contributed by atoms with Crippen molar-refractivity contribution in [2.24, 2.45) is 5.10 Å². The van der Waals surface area contributed by atoms with Crippen molar-refractivity contribution in [1.82, 2.24) is 5.43 Å². The van der Waals surface area contributed by atoms with Crippen LogP contribution in [0.3, 0.4) is 0 Å². The average Bonchev–Trinajstić information content (AvgIpc) is 2.84. The molecular weight excluding hydrogens is 501 g/mol. The molecule has 3 aromatic rings. The van der Waals surface area contributed by atoms with Crippen molar-refractivity contribution >= 4 is 46.9 Å². The fourth-order valence-corrected chi connectivity index (χ4v) is 2.91. The Kier molecular flexibility index (Phi) is 8.63. The number of anilines is 2. The zero-order chi connectivity index (χ0) is 26.1. The van der Waals surface area contributed by atoms with Crippen LogP contribution < -0.4 is 20.8 Å². The maximum Gasteiger partial charge on any atom is 0.416 e. The number of carbonyl (C=O) groups is 3. The summed E-state index contributed by atoms with van der Waals surface area (Å²) in [4.78, 5) is 35.7. The zero-order valence-electron chi connectivity index (χ0n) is 18.3. The summed E-state index contributed by atoms with van der Waals surface area (Å²) in [5.74, 6) is -2.37. The van der Waals surface area contributed by atoms with Gasteiger partial charge in [-0.2, -0.15) is 18.3 Å². The Balaban J connectivity index is 1.45. The molecule has 3 amide bonds.